The number of carboxylic acids is 1. The van der Waals surface area contributed by atoms with Crippen molar-refractivity contribution in [1.82, 2.24) is 0 Å². The van der Waals surface area contributed by atoms with Gasteiger partial charge in [-0.25, -0.2) is 18.4 Å². The second kappa shape index (κ2) is 6.04. The first kappa shape index (κ1) is 16.8. The summed E-state index contributed by atoms with van der Waals surface area (Å²) in [6.45, 7) is 4.73. The number of benzene rings is 1. The molecule has 0 bridgehead atoms. The van der Waals surface area contributed by atoms with Crippen molar-refractivity contribution < 1.29 is 33.3 Å². The maximum atomic E-state index is 13.6. The van der Waals surface area contributed by atoms with Crippen LogP contribution in [0, 0.1) is 11.6 Å². The van der Waals surface area contributed by atoms with Crippen molar-refractivity contribution in [3.63, 3.8) is 0 Å². The van der Waals surface area contributed by atoms with Crippen LogP contribution in [0.1, 0.15) is 32.4 Å². The predicted octanol–water partition coefficient (Wildman–Crippen LogP) is 2.43. The van der Waals surface area contributed by atoms with Crippen LogP contribution in [0.3, 0.4) is 0 Å². The average Bonchev–Trinajstić information content (AvgIpc) is 2.31. The summed E-state index contributed by atoms with van der Waals surface area (Å²) in [7, 11) is 0. The smallest absolute Gasteiger partial charge is 0.412 e. The topological polar surface area (TPSA) is 95.9 Å². The fourth-order valence-electron chi connectivity index (χ4n) is 1.42. The van der Waals surface area contributed by atoms with Crippen LogP contribution in [0.2, 0.25) is 0 Å². The molecule has 1 aromatic carbocycles. The molecule has 1 atom stereocenters. The largest absolute Gasteiger partial charge is 0.479 e. The third kappa shape index (κ3) is 4.67. The number of aliphatic hydroxyl groups is 1. The van der Waals surface area contributed by atoms with Gasteiger partial charge in [-0.3, -0.25) is 5.32 Å². The van der Waals surface area contributed by atoms with Gasteiger partial charge >= 0.3 is 12.1 Å². The summed E-state index contributed by atoms with van der Waals surface area (Å²) < 4.78 is 31.8. The van der Waals surface area contributed by atoms with Gasteiger partial charge in [-0.05, 0) is 38.5 Å². The first-order valence-corrected chi connectivity index (χ1v) is 5.91. The van der Waals surface area contributed by atoms with Crippen LogP contribution in [-0.2, 0) is 9.53 Å². The fraction of sp³-hybridized carbons (Fsp3) is 0.385. The van der Waals surface area contributed by atoms with E-state index in [-0.39, 0.29) is 0 Å². The third-order valence-corrected chi connectivity index (χ3v) is 2.24. The van der Waals surface area contributed by atoms with Gasteiger partial charge in [-0.15, -0.1) is 0 Å². The third-order valence-electron chi connectivity index (χ3n) is 2.24. The number of nitrogens with one attached hydrogen (secondary N) is 1. The Morgan fingerprint density at radius 1 is 1.29 bits per heavy atom. The van der Waals surface area contributed by atoms with Crippen molar-refractivity contribution in [2.24, 2.45) is 0 Å². The number of aliphatic hydroxyl groups excluding tert-OH is 1. The Hall–Kier alpha value is -2.22. The number of rotatable bonds is 3. The van der Waals surface area contributed by atoms with Gasteiger partial charge in [0, 0.05) is 0 Å². The van der Waals surface area contributed by atoms with E-state index in [1.54, 1.807) is 20.8 Å². The highest BCUT2D eigenvalue weighted by Gasteiger charge is 2.23. The van der Waals surface area contributed by atoms with E-state index < -0.39 is 46.7 Å². The maximum absolute atomic E-state index is 13.6. The minimum absolute atomic E-state index is 0.410. The number of carboxylic acid groups (broad SMARTS) is 1. The van der Waals surface area contributed by atoms with E-state index in [1.807, 2.05) is 5.32 Å². The molecule has 0 saturated carbocycles. The molecule has 0 aliphatic heterocycles. The van der Waals surface area contributed by atoms with Crippen LogP contribution in [0.25, 0.3) is 0 Å². The molecule has 116 valence electrons. The first-order chi connectivity index (χ1) is 9.51. The van der Waals surface area contributed by atoms with E-state index in [1.165, 1.54) is 0 Å². The zero-order valence-electron chi connectivity index (χ0n) is 11.6. The molecule has 1 rings (SSSR count). The van der Waals surface area contributed by atoms with E-state index in [0.29, 0.717) is 6.07 Å². The van der Waals surface area contributed by atoms with Crippen molar-refractivity contribution in [1.29, 1.82) is 0 Å². The van der Waals surface area contributed by atoms with Gasteiger partial charge in [-0.1, -0.05) is 0 Å². The molecule has 8 heteroatoms. The molecule has 0 spiro atoms. The van der Waals surface area contributed by atoms with Crippen molar-refractivity contribution in [3.05, 3.63) is 29.3 Å². The number of hydrogen-bond acceptors (Lipinski definition) is 4. The Morgan fingerprint density at radius 2 is 1.86 bits per heavy atom. The van der Waals surface area contributed by atoms with Crippen LogP contribution >= 0.6 is 0 Å². The van der Waals surface area contributed by atoms with E-state index in [2.05, 4.69) is 0 Å². The van der Waals surface area contributed by atoms with E-state index in [9.17, 15) is 23.5 Å². The van der Waals surface area contributed by atoms with Crippen LogP contribution < -0.4 is 5.32 Å². The fourth-order valence-corrected chi connectivity index (χ4v) is 1.42. The normalized spacial score (nSPS) is 12.7. The van der Waals surface area contributed by atoms with Crippen molar-refractivity contribution in [3.8, 4) is 0 Å². The molecule has 21 heavy (non-hydrogen) atoms. The summed E-state index contributed by atoms with van der Waals surface area (Å²) in [5.41, 5.74) is -1.89. The quantitative estimate of drug-likeness (QED) is 0.797. The summed E-state index contributed by atoms with van der Waals surface area (Å²) in [6.07, 6.45) is -3.08. The Kier molecular flexibility index (Phi) is 4.84. The van der Waals surface area contributed by atoms with Crippen molar-refractivity contribution in [2.45, 2.75) is 32.5 Å². The summed E-state index contributed by atoms with van der Waals surface area (Å²) in [5, 5.41) is 19.9. The Bertz CT molecular complexity index is 568. The lowest BCUT2D eigenvalue weighted by atomic mass is 10.1. The predicted molar refractivity (Wildman–Crippen MR) is 68.8 cm³/mol. The number of aliphatic carboxylic acids is 1. The van der Waals surface area contributed by atoms with Crippen molar-refractivity contribution in [2.75, 3.05) is 5.32 Å². The van der Waals surface area contributed by atoms with E-state index >= 15 is 0 Å². The Morgan fingerprint density at radius 3 is 2.33 bits per heavy atom. The van der Waals surface area contributed by atoms with Crippen LogP contribution in [0.15, 0.2) is 12.1 Å². The molecule has 0 fully saturated rings. The zero-order chi connectivity index (χ0) is 16.4. The van der Waals surface area contributed by atoms with Gasteiger partial charge in [0.15, 0.2) is 17.7 Å². The summed E-state index contributed by atoms with van der Waals surface area (Å²) in [5.74, 6) is -4.43. The number of carbonyl (C=O) groups excluding carboxylic acids is 1. The highest BCUT2D eigenvalue weighted by Crippen LogP contribution is 2.24. The van der Waals surface area contributed by atoms with Gasteiger partial charge < -0.3 is 14.9 Å². The molecular formula is C13H15F2NO5. The number of halogens is 2. The Balaban J connectivity index is 3.07. The van der Waals surface area contributed by atoms with E-state index in [0.717, 1.165) is 6.07 Å². The number of ether oxygens (including phenoxy) is 1. The molecule has 1 amide bonds. The van der Waals surface area contributed by atoms with Gasteiger partial charge in [0.25, 0.3) is 0 Å². The molecule has 1 aromatic rings. The van der Waals surface area contributed by atoms with Crippen LogP contribution in [0.5, 0.6) is 0 Å². The molecule has 0 radical (unpaired) electrons. The highest BCUT2D eigenvalue weighted by molar-refractivity contribution is 5.85. The molecule has 0 saturated heterocycles. The molecule has 0 heterocycles. The lowest BCUT2D eigenvalue weighted by Crippen LogP contribution is -2.27. The monoisotopic (exact) mass is 303 g/mol. The minimum atomic E-state index is -2.04. The average molecular weight is 303 g/mol. The van der Waals surface area contributed by atoms with E-state index in [4.69, 9.17) is 9.84 Å². The molecule has 3 N–H and O–H groups in total. The minimum Gasteiger partial charge on any atom is -0.479 e. The lowest BCUT2D eigenvalue weighted by molar-refractivity contribution is -0.146. The molecular weight excluding hydrogens is 288 g/mol. The molecule has 1 unspecified atom stereocenters. The van der Waals surface area contributed by atoms with Gasteiger partial charge in [-0.2, -0.15) is 0 Å². The summed E-state index contributed by atoms with van der Waals surface area (Å²) in [6, 6.07) is 1.36. The molecule has 0 aliphatic carbocycles. The first-order valence-electron chi connectivity index (χ1n) is 5.91. The second-order valence-corrected chi connectivity index (χ2v) is 5.23. The SMILES string of the molecule is CC(C)(C)OC(=O)Nc1cc(C(O)C(=O)O)cc(F)c1F. The number of carbonyl (C=O) groups is 2. The molecule has 0 aliphatic rings. The second-order valence-electron chi connectivity index (χ2n) is 5.23. The molecule has 0 aromatic heterocycles. The van der Waals surface area contributed by atoms with Crippen LogP contribution in [-0.4, -0.2) is 27.9 Å². The standard InChI is InChI=1S/C13H15F2NO5/c1-13(2,3)21-12(20)16-8-5-6(10(17)11(18)19)4-7(14)9(8)15/h4-5,10,17H,1-3H3,(H,16,20)(H,18,19). The number of anilines is 1. The zero-order valence-corrected chi connectivity index (χ0v) is 11.6. The Labute approximate surface area is 119 Å². The lowest BCUT2D eigenvalue weighted by Gasteiger charge is -2.20. The van der Waals surface area contributed by atoms with Crippen molar-refractivity contribution >= 4 is 17.7 Å². The summed E-state index contributed by atoms with van der Waals surface area (Å²) >= 11 is 0. The number of hydrogen-bond donors (Lipinski definition) is 3. The summed E-state index contributed by atoms with van der Waals surface area (Å²) in [4.78, 5) is 22.1. The maximum Gasteiger partial charge on any atom is 0.412 e. The van der Waals surface area contributed by atoms with Gasteiger partial charge in [0.1, 0.15) is 5.60 Å². The van der Waals surface area contributed by atoms with Gasteiger partial charge in [0.2, 0.25) is 0 Å². The highest BCUT2D eigenvalue weighted by atomic mass is 19.2. The number of amides is 1. The van der Waals surface area contributed by atoms with Gasteiger partial charge in [0.05, 0.1) is 5.69 Å². The van der Waals surface area contributed by atoms with Crippen LogP contribution in [0.4, 0.5) is 19.3 Å². The molecule has 6 nitrogen and oxygen atoms in total.